The first-order chi connectivity index (χ1) is 15.5. The highest BCUT2D eigenvalue weighted by atomic mass is 16.5. The van der Waals surface area contributed by atoms with E-state index in [0.29, 0.717) is 35.7 Å². The number of methoxy groups -OCH3 is 1. The fourth-order valence-electron chi connectivity index (χ4n) is 3.56. The molecular formula is C26H22O6. The van der Waals surface area contributed by atoms with Gasteiger partial charge in [0.25, 0.3) is 0 Å². The molecule has 32 heavy (non-hydrogen) atoms. The second-order valence-electron chi connectivity index (χ2n) is 7.20. The van der Waals surface area contributed by atoms with Crippen LogP contribution in [0.15, 0.2) is 82.5 Å². The Hall–Kier alpha value is -4.19. The quantitative estimate of drug-likeness (QED) is 0.393. The minimum atomic E-state index is -0.409. The molecule has 6 heteroatoms. The van der Waals surface area contributed by atoms with Crippen molar-refractivity contribution in [2.24, 2.45) is 0 Å². The summed E-state index contributed by atoms with van der Waals surface area (Å²) in [4.78, 5) is 12.8. The molecule has 2 N–H and O–H groups in total. The molecule has 162 valence electrons. The van der Waals surface area contributed by atoms with Crippen molar-refractivity contribution in [2.45, 2.75) is 13.0 Å². The number of hydrogen-bond acceptors (Lipinski definition) is 6. The number of hydrogen-bond donors (Lipinski definition) is 2. The average Bonchev–Trinajstić information content (AvgIpc) is 2.79. The summed E-state index contributed by atoms with van der Waals surface area (Å²) < 4.78 is 17.0. The predicted octanol–water partition coefficient (Wildman–Crippen LogP) is 5.19. The topological polar surface area (TPSA) is 89.1 Å². The monoisotopic (exact) mass is 430 g/mol. The normalized spacial score (nSPS) is 10.8. The van der Waals surface area contributed by atoms with Crippen LogP contribution in [-0.4, -0.2) is 17.3 Å². The lowest BCUT2D eigenvalue weighted by Crippen LogP contribution is -2.03. The van der Waals surface area contributed by atoms with Crippen LogP contribution < -0.4 is 14.9 Å². The molecule has 0 bridgehead atoms. The van der Waals surface area contributed by atoms with Crippen molar-refractivity contribution in [3.63, 3.8) is 0 Å². The highest BCUT2D eigenvalue weighted by molar-refractivity contribution is 5.86. The van der Waals surface area contributed by atoms with Gasteiger partial charge in [0, 0.05) is 29.3 Å². The molecule has 4 rings (SSSR count). The third-order valence-corrected chi connectivity index (χ3v) is 5.11. The van der Waals surface area contributed by atoms with E-state index in [1.165, 1.54) is 19.2 Å². The molecule has 1 aromatic heterocycles. The zero-order valence-corrected chi connectivity index (χ0v) is 17.5. The SMILES string of the molecule is C=CCc1c(-c2cc(=O)c3c(O)cc(OCc4ccccc4)cc3o2)ccc(OC)c1O. The molecule has 4 aromatic rings. The number of benzene rings is 3. The van der Waals surface area contributed by atoms with E-state index in [1.807, 2.05) is 30.3 Å². The van der Waals surface area contributed by atoms with E-state index < -0.39 is 5.43 Å². The molecule has 0 aliphatic heterocycles. The Balaban J connectivity index is 1.80. The molecule has 0 radical (unpaired) electrons. The highest BCUT2D eigenvalue weighted by Gasteiger charge is 2.18. The van der Waals surface area contributed by atoms with Gasteiger partial charge in [-0.05, 0) is 24.1 Å². The first-order valence-corrected chi connectivity index (χ1v) is 9.99. The fourth-order valence-corrected chi connectivity index (χ4v) is 3.56. The molecule has 6 nitrogen and oxygen atoms in total. The number of fused-ring (bicyclic) bond motifs is 1. The molecule has 0 unspecified atom stereocenters. The molecular weight excluding hydrogens is 408 g/mol. The summed E-state index contributed by atoms with van der Waals surface area (Å²) in [6.45, 7) is 4.03. The Kier molecular flexibility index (Phi) is 5.85. The van der Waals surface area contributed by atoms with E-state index in [2.05, 4.69) is 6.58 Å². The van der Waals surface area contributed by atoms with Crippen LogP contribution in [0.5, 0.6) is 23.0 Å². The van der Waals surface area contributed by atoms with Crippen LogP contribution >= 0.6 is 0 Å². The zero-order chi connectivity index (χ0) is 22.7. The van der Waals surface area contributed by atoms with Gasteiger partial charge in [0.15, 0.2) is 16.9 Å². The Morgan fingerprint density at radius 2 is 1.84 bits per heavy atom. The lowest BCUT2D eigenvalue weighted by molar-refractivity contribution is 0.304. The summed E-state index contributed by atoms with van der Waals surface area (Å²) in [6.07, 6.45) is 1.98. The van der Waals surface area contributed by atoms with Crippen molar-refractivity contribution in [1.29, 1.82) is 0 Å². The molecule has 0 spiro atoms. The number of ether oxygens (including phenoxy) is 2. The second kappa shape index (κ2) is 8.89. The Morgan fingerprint density at radius 1 is 1.06 bits per heavy atom. The Bertz CT molecular complexity index is 1340. The third-order valence-electron chi connectivity index (χ3n) is 5.11. The standard InChI is InChI=1S/C26H22O6/c1-3-7-19-18(10-11-22(30-2)26(19)29)23-14-21(28)25-20(27)12-17(13-24(25)32-23)31-15-16-8-5-4-6-9-16/h3-6,8-14,27,29H,1,7,15H2,2H3. The van der Waals surface area contributed by atoms with Crippen molar-refractivity contribution in [1.82, 2.24) is 0 Å². The van der Waals surface area contributed by atoms with Gasteiger partial charge in [-0.25, -0.2) is 0 Å². The molecule has 0 aliphatic rings. The fraction of sp³-hybridized carbons (Fsp3) is 0.115. The zero-order valence-electron chi connectivity index (χ0n) is 17.5. The van der Waals surface area contributed by atoms with Crippen molar-refractivity contribution < 1.29 is 24.1 Å². The average molecular weight is 430 g/mol. The summed E-state index contributed by atoms with van der Waals surface area (Å²) in [5.41, 5.74) is 1.77. The van der Waals surface area contributed by atoms with Crippen LogP contribution in [0.4, 0.5) is 0 Å². The predicted molar refractivity (Wildman–Crippen MR) is 122 cm³/mol. The number of allylic oxidation sites excluding steroid dienone is 1. The number of aromatic hydroxyl groups is 2. The van der Waals surface area contributed by atoms with E-state index in [0.717, 1.165) is 5.56 Å². The van der Waals surface area contributed by atoms with Crippen molar-refractivity contribution in [3.8, 4) is 34.3 Å². The van der Waals surface area contributed by atoms with Crippen LogP contribution in [0.1, 0.15) is 11.1 Å². The van der Waals surface area contributed by atoms with Crippen LogP contribution in [0, 0.1) is 0 Å². The Morgan fingerprint density at radius 3 is 2.56 bits per heavy atom. The van der Waals surface area contributed by atoms with Crippen molar-refractivity contribution in [3.05, 3.63) is 94.7 Å². The van der Waals surface area contributed by atoms with Crippen molar-refractivity contribution >= 4 is 11.0 Å². The lowest BCUT2D eigenvalue weighted by Gasteiger charge is -2.14. The summed E-state index contributed by atoms with van der Waals surface area (Å²) in [5.74, 6) is 0.646. The van der Waals surface area contributed by atoms with Gasteiger partial charge in [-0.15, -0.1) is 6.58 Å². The molecule has 0 atom stereocenters. The molecule has 3 aromatic carbocycles. The van der Waals surface area contributed by atoms with Crippen LogP contribution in [0.2, 0.25) is 0 Å². The van der Waals surface area contributed by atoms with E-state index in [1.54, 1.807) is 24.3 Å². The van der Waals surface area contributed by atoms with Gasteiger partial charge in [0.2, 0.25) is 0 Å². The number of rotatable bonds is 7. The van der Waals surface area contributed by atoms with E-state index in [-0.39, 0.29) is 28.2 Å². The molecule has 0 amide bonds. The van der Waals surface area contributed by atoms with E-state index in [9.17, 15) is 15.0 Å². The summed E-state index contributed by atoms with van der Waals surface area (Å²) in [7, 11) is 1.46. The minimum absolute atomic E-state index is 0.0459. The van der Waals surface area contributed by atoms with E-state index >= 15 is 0 Å². The first kappa shape index (κ1) is 21.1. The minimum Gasteiger partial charge on any atom is -0.507 e. The van der Waals surface area contributed by atoms with Crippen molar-refractivity contribution in [2.75, 3.05) is 7.11 Å². The second-order valence-corrected chi connectivity index (χ2v) is 7.20. The largest absolute Gasteiger partial charge is 0.507 e. The number of phenols is 2. The maximum absolute atomic E-state index is 12.8. The van der Waals surface area contributed by atoms with Gasteiger partial charge in [-0.2, -0.15) is 0 Å². The van der Waals surface area contributed by atoms with Crippen LogP contribution in [0.25, 0.3) is 22.3 Å². The molecule has 0 saturated carbocycles. The van der Waals surface area contributed by atoms with Crippen LogP contribution in [0.3, 0.4) is 0 Å². The van der Waals surface area contributed by atoms with Gasteiger partial charge < -0.3 is 24.1 Å². The molecule has 0 fully saturated rings. The summed E-state index contributed by atoms with van der Waals surface area (Å²) >= 11 is 0. The maximum atomic E-state index is 12.8. The van der Waals surface area contributed by atoms with E-state index in [4.69, 9.17) is 13.9 Å². The van der Waals surface area contributed by atoms with Gasteiger partial charge >= 0.3 is 0 Å². The molecule has 0 saturated heterocycles. The van der Waals surface area contributed by atoms with Crippen LogP contribution in [-0.2, 0) is 13.0 Å². The summed E-state index contributed by atoms with van der Waals surface area (Å²) in [6, 6.07) is 17.1. The van der Waals surface area contributed by atoms with Gasteiger partial charge in [0.1, 0.15) is 34.8 Å². The van der Waals surface area contributed by atoms with Gasteiger partial charge in [-0.1, -0.05) is 36.4 Å². The maximum Gasteiger partial charge on any atom is 0.197 e. The Labute approximate surface area is 184 Å². The summed E-state index contributed by atoms with van der Waals surface area (Å²) in [5, 5.41) is 21.1. The first-order valence-electron chi connectivity index (χ1n) is 9.99. The lowest BCUT2D eigenvalue weighted by atomic mass is 9.99. The molecule has 0 aliphatic carbocycles. The smallest absolute Gasteiger partial charge is 0.197 e. The number of phenolic OH excluding ortho intramolecular Hbond substituents is 2. The molecule has 1 heterocycles. The highest BCUT2D eigenvalue weighted by Crippen LogP contribution is 2.39. The third kappa shape index (κ3) is 4.03. The van der Waals surface area contributed by atoms with Gasteiger partial charge in [0.05, 0.1) is 7.11 Å². The van der Waals surface area contributed by atoms with Gasteiger partial charge in [-0.3, -0.25) is 4.79 Å².